The third-order valence-corrected chi connectivity index (χ3v) is 2.88. The van der Waals surface area contributed by atoms with E-state index in [1.54, 1.807) is 31.2 Å². The predicted octanol–water partition coefficient (Wildman–Crippen LogP) is 2.79. The van der Waals surface area contributed by atoms with Crippen LogP contribution in [-0.4, -0.2) is 22.5 Å². The Labute approximate surface area is 131 Å². The maximum atomic E-state index is 11.9. The van der Waals surface area contributed by atoms with Crippen LogP contribution in [0, 0.1) is 0 Å². The van der Waals surface area contributed by atoms with Crippen LogP contribution in [-0.2, 0) is 9.53 Å². The van der Waals surface area contributed by atoms with Crippen molar-refractivity contribution in [3.63, 3.8) is 0 Å². The SMILES string of the molecule is CCOC(=O)/C=C/c1c(Oc2ccccc2Cl)nc[nH]c1=O. The Morgan fingerprint density at radius 3 is 2.91 bits per heavy atom. The first-order chi connectivity index (χ1) is 10.6. The number of nitrogens with zero attached hydrogens (tertiary/aromatic N) is 1. The molecule has 7 heteroatoms. The Morgan fingerprint density at radius 2 is 2.18 bits per heavy atom. The van der Waals surface area contributed by atoms with Crippen LogP contribution in [0.2, 0.25) is 5.02 Å². The number of halogens is 1. The molecule has 2 aromatic rings. The highest BCUT2D eigenvalue weighted by Crippen LogP contribution is 2.28. The second-order valence-electron chi connectivity index (χ2n) is 4.07. The number of carbonyl (C=O) groups is 1. The Bertz CT molecular complexity index is 755. The molecule has 0 unspecified atom stereocenters. The largest absolute Gasteiger partial charge is 0.463 e. The number of rotatable bonds is 5. The number of aromatic amines is 1. The fourth-order valence-electron chi connectivity index (χ4n) is 1.60. The van der Waals surface area contributed by atoms with E-state index in [4.69, 9.17) is 21.1 Å². The van der Waals surface area contributed by atoms with Crippen molar-refractivity contribution in [3.05, 3.63) is 57.6 Å². The van der Waals surface area contributed by atoms with Crippen LogP contribution < -0.4 is 10.3 Å². The molecule has 1 heterocycles. The van der Waals surface area contributed by atoms with Gasteiger partial charge in [0.25, 0.3) is 5.56 Å². The van der Waals surface area contributed by atoms with E-state index < -0.39 is 11.5 Å². The van der Waals surface area contributed by atoms with Crippen molar-refractivity contribution < 1.29 is 14.3 Å². The number of hydrogen-bond donors (Lipinski definition) is 1. The van der Waals surface area contributed by atoms with Gasteiger partial charge in [-0.1, -0.05) is 23.7 Å². The lowest BCUT2D eigenvalue weighted by Crippen LogP contribution is -2.12. The second kappa shape index (κ2) is 7.42. The van der Waals surface area contributed by atoms with E-state index in [0.29, 0.717) is 10.8 Å². The molecular formula is C15H13ClN2O4. The van der Waals surface area contributed by atoms with E-state index in [9.17, 15) is 9.59 Å². The lowest BCUT2D eigenvalue weighted by molar-refractivity contribution is -0.137. The van der Waals surface area contributed by atoms with Crippen molar-refractivity contribution in [2.75, 3.05) is 6.61 Å². The molecule has 0 saturated heterocycles. The molecule has 0 bridgehead atoms. The summed E-state index contributed by atoms with van der Waals surface area (Å²) in [5.74, 6) is -0.167. The smallest absolute Gasteiger partial charge is 0.330 e. The molecule has 0 fully saturated rings. The minimum absolute atomic E-state index is 0.0393. The standard InChI is InChI=1S/C15H13ClN2O4/c1-2-21-13(19)8-7-10-14(20)17-9-18-15(10)22-12-6-4-3-5-11(12)16/h3-9H,2H2,1H3,(H,17,18,20)/b8-7+. The molecule has 0 aliphatic heterocycles. The Hall–Kier alpha value is -2.60. The van der Waals surface area contributed by atoms with Gasteiger partial charge in [0, 0.05) is 6.08 Å². The molecule has 0 atom stereocenters. The van der Waals surface area contributed by atoms with Crippen molar-refractivity contribution in [1.29, 1.82) is 0 Å². The van der Waals surface area contributed by atoms with E-state index in [1.165, 1.54) is 12.4 Å². The van der Waals surface area contributed by atoms with E-state index in [2.05, 4.69) is 9.97 Å². The highest BCUT2D eigenvalue weighted by atomic mass is 35.5. The first kappa shape index (κ1) is 15.8. The van der Waals surface area contributed by atoms with Gasteiger partial charge in [0.15, 0.2) is 0 Å². The summed E-state index contributed by atoms with van der Waals surface area (Å²) < 4.78 is 10.3. The number of benzene rings is 1. The molecule has 2 rings (SSSR count). The van der Waals surface area contributed by atoms with Gasteiger partial charge in [0.2, 0.25) is 5.88 Å². The van der Waals surface area contributed by atoms with Gasteiger partial charge in [-0.05, 0) is 25.1 Å². The van der Waals surface area contributed by atoms with Gasteiger partial charge in [-0.2, -0.15) is 0 Å². The maximum absolute atomic E-state index is 11.9. The maximum Gasteiger partial charge on any atom is 0.330 e. The van der Waals surface area contributed by atoms with Crippen molar-refractivity contribution in [1.82, 2.24) is 9.97 Å². The van der Waals surface area contributed by atoms with Crippen LogP contribution in [0.5, 0.6) is 11.6 Å². The van der Waals surface area contributed by atoms with E-state index in [1.807, 2.05) is 0 Å². The minimum Gasteiger partial charge on any atom is -0.463 e. The number of carbonyl (C=O) groups excluding carboxylic acids is 1. The first-order valence-corrected chi connectivity index (χ1v) is 6.84. The summed E-state index contributed by atoms with van der Waals surface area (Å²) in [4.78, 5) is 29.6. The van der Waals surface area contributed by atoms with Gasteiger partial charge < -0.3 is 14.5 Å². The zero-order valence-corrected chi connectivity index (χ0v) is 12.5. The minimum atomic E-state index is -0.561. The van der Waals surface area contributed by atoms with Gasteiger partial charge >= 0.3 is 5.97 Å². The molecule has 1 N–H and O–H groups in total. The molecule has 0 radical (unpaired) electrons. The van der Waals surface area contributed by atoms with E-state index in [0.717, 1.165) is 6.08 Å². The van der Waals surface area contributed by atoms with Crippen LogP contribution in [0.1, 0.15) is 12.5 Å². The van der Waals surface area contributed by atoms with E-state index >= 15 is 0 Å². The zero-order valence-electron chi connectivity index (χ0n) is 11.7. The van der Waals surface area contributed by atoms with E-state index in [-0.39, 0.29) is 18.1 Å². The lowest BCUT2D eigenvalue weighted by Gasteiger charge is -2.07. The zero-order chi connectivity index (χ0) is 15.9. The third kappa shape index (κ3) is 3.95. The fourth-order valence-corrected chi connectivity index (χ4v) is 1.77. The number of nitrogens with one attached hydrogen (secondary N) is 1. The molecular weight excluding hydrogens is 308 g/mol. The average Bonchev–Trinajstić information content (AvgIpc) is 2.49. The fraction of sp³-hybridized carbons (Fsp3) is 0.133. The molecule has 22 heavy (non-hydrogen) atoms. The molecule has 0 spiro atoms. The highest BCUT2D eigenvalue weighted by molar-refractivity contribution is 6.32. The van der Waals surface area contributed by atoms with Crippen LogP contribution in [0.4, 0.5) is 0 Å². The number of ether oxygens (including phenoxy) is 2. The quantitative estimate of drug-likeness (QED) is 0.676. The summed E-state index contributed by atoms with van der Waals surface area (Å²) >= 11 is 6.00. The third-order valence-electron chi connectivity index (χ3n) is 2.57. The molecule has 6 nitrogen and oxygen atoms in total. The van der Waals surface area contributed by atoms with Crippen molar-refractivity contribution in [2.45, 2.75) is 6.92 Å². The summed E-state index contributed by atoms with van der Waals surface area (Å²) in [6.07, 6.45) is 3.63. The number of esters is 1. The van der Waals surface area contributed by atoms with Crippen molar-refractivity contribution in [3.8, 4) is 11.6 Å². The molecule has 0 aliphatic carbocycles. The van der Waals surface area contributed by atoms with Crippen LogP contribution in [0.25, 0.3) is 6.08 Å². The summed E-state index contributed by atoms with van der Waals surface area (Å²) in [7, 11) is 0. The second-order valence-corrected chi connectivity index (χ2v) is 4.48. The molecule has 0 aliphatic rings. The van der Waals surface area contributed by atoms with Gasteiger partial charge in [-0.25, -0.2) is 9.78 Å². The van der Waals surface area contributed by atoms with Gasteiger partial charge in [-0.3, -0.25) is 4.79 Å². The average molecular weight is 321 g/mol. The number of H-pyrrole nitrogens is 1. The summed E-state index contributed by atoms with van der Waals surface area (Å²) in [6, 6.07) is 6.78. The highest BCUT2D eigenvalue weighted by Gasteiger charge is 2.11. The normalized spacial score (nSPS) is 10.6. The summed E-state index contributed by atoms with van der Waals surface area (Å²) in [5, 5.41) is 0.380. The Kier molecular flexibility index (Phi) is 5.32. The molecule has 1 aromatic heterocycles. The molecule has 114 valence electrons. The predicted molar refractivity (Wildman–Crippen MR) is 82.1 cm³/mol. The Morgan fingerprint density at radius 1 is 1.41 bits per heavy atom. The topological polar surface area (TPSA) is 81.3 Å². The van der Waals surface area contributed by atoms with Gasteiger partial charge in [0.1, 0.15) is 11.3 Å². The number of para-hydroxylation sites is 1. The molecule has 1 aromatic carbocycles. The monoisotopic (exact) mass is 320 g/mol. The van der Waals surface area contributed by atoms with Crippen molar-refractivity contribution >= 4 is 23.6 Å². The lowest BCUT2D eigenvalue weighted by atomic mass is 10.3. The first-order valence-electron chi connectivity index (χ1n) is 6.46. The summed E-state index contributed by atoms with van der Waals surface area (Å²) in [5.41, 5.74) is -0.354. The summed E-state index contributed by atoms with van der Waals surface area (Å²) in [6.45, 7) is 1.93. The van der Waals surface area contributed by atoms with Gasteiger partial charge in [0.05, 0.1) is 18.0 Å². The van der Waals surface area contributed by atoms with Crippen LogP contribution in [0.15, 0.2) is 41.5 Å². The number of hydrogen-bond acceptors (Lipinski definition) is 5. The van der Waals surface area contributed by atoms with Crippen LogP contribution >= 0.6 is 11.6 Å². The van der Waals surface area contributed by atoms with Gasteiger partial charge in [-0.15, -0.1) is 0 Å². The number of aromatic nitrogens is 2. The van der Waals surface area contributed by atoms with Crippen molar-refractivity contribution in [2.24, 2.45) is 0 Å². The molecule has 0 saturated carbocycles. The Balaban J connectivity index is 2.33. The van der Waals surface area contributed by atoms with Crippen LogP contribution in [0.3, 0.4) is 0 Å². The molecule has 0 amide bonds.